The van der Waals surface area contributed by atoms with E-state index in [0.29, 0.717) is 13.2 Å². The first-order valence-electron chi connectivity index (χ1n) is 10.6. The summed E-state index contributed by atoms with van der Waals surface area (Å²) in [5, 5.41) is 12.0. The number of nitrogens with zero attached hydrogens (tertiary/aromatic N) is 2. The maximum atomic E-state index is 12.0. The predicted octanol–water partition coefficient (Wildman–Crippen LogP) is 2.67. The van der Waals surface area contributed by atoms with E-state index in [2.05, 4.69) is 40.1 Å². The normalized spacial score (nSPS) is 23.2. The second kappa shape index (κ2) is 9.37. The number of aliphatic hydroxyl groups is 1. The van der Waals surface area contributed by atoms with Gasteiger partial charge in [-0.1, -0.05) is 60.7 Å². The highest BCUT2D eigenvalue weighted by molar-refractivity contribution is 5.29. The second-order valence-electron chi connectivity index (χ2n) is 8.11. The van der Waals surface area contributed by atoms with Crippen molar-refractivity contribution in [3.8, 4) is 0 Å². The molecule has 2 aliphatic rings. The van der Waals surface area contributed by atoms with Crippen LogP contribution in [0.2, 0.25) is 0 Å². The minimum absolute atomic E-state index is 0.0633. The van der Waals surface area contributed by atoms with Crippen LogP contribution in [0.5, 0.6) is 0 Å². The number of morpholine rings is 2. The van der Waals surface area contributed by atoms with Gasteiger partial charge in [0, 0.05) is 26.2 Å². The maximum absolute atomic E-state index is 12.0. The highest BCUT2D eigenvalue weighted by atomic mass is 16.5. The van der Waals surface area contributed by atoms with Crippen LogP contribution >= 0.6 is 0 Å². The van der Waals surface area contributed by atoms with E-state index in [9.17, 15) is 5.11 Å². The lowest BCUT2D eigenvalue weighted by Crippen LogP contribution is -2.60. The molecule has 0 radical (unpaired) electrons. The minimum atomic E-state index is -1.02. The Balaban J connectivity index is 1.79. The molecule has 156 valence electrons. The van der Waals surface area contributed by atoms with Gasteiger partial charge in [-0.25, -0.2) is 0 Å². The molecule has 2 fully saturated rings. The Hall–Kier alpha value is -1.76. The summed E-state index contributed by atoms with van der Waals surface area (Å²) in [6.07, 6.45) is 0. The monoisotopic (exact) mass is 396 g/mol. The summed E-state index contributed by atoms with van der Waals surface area (Å²) in [5.74, 6) is 0. The van der Waals surface area contributed by atoms with E-state index in [1.54, 1.807) is 0 Å². The summed E-state index contributed by atoms with van der Waals surface area (Å²) in [6, 6.07) is 20.7. The molecule has 2 aromatic carbocycles. The average molecular weight is 397 g/mol. The van der Waals surface area contributed by atoms with Crippen LogP contribution in [0.3, 0.4) is 0 Å². The molecule has 0 bridgehead atoms. The topological polar surface area (TPSA) is 45.2 Å². The fourth-order valence-electron chi connectivity index (χ4n) is 4.76. The lowest BCUT2D eigenvalue weighted by molar-refractivity contribution is -0.113. The molecule has 2 aliphatic heterocycles. The van der Waals surface area contributed by atoms with E-state index in [0.717, 1.165) is 45.0 Å². The Kier molecular flexibility index (Phi) is 6.63. The fraction of sp³-hybridized carbons (Fsp3) is 0.500. The number of rotatable bonds is 6. The predicted molar refractivity (Wildman–Crippen MR) is 114 cm³/mol. The minimum Gasteiger partial charge on any atom is -0.384 e. The largest absolute Gasteiger partial charge is 0.384 e. The standard InChI is InChI=1S/C24H32N2O3/c1-24(27,21-10-6-3-7-11-21)23(26-14-18-29-19-15-26)22(20-8-4-2-5-9-20)25-12-16-28-17-13-25/h2-11,22-23,27H,12-19H2,1H3/t22-,23-,24-/m1/s1. The molecule has 0 aliphatic carbocycles. The van der Waals surface area contributed by atoms with Crippen LogP contribution in [0.25, 0.3) is 0 Å². The number of hydrogen-bond acceptors (Lipinski definition) is 5. The molecule has 3 atom stereocenters. The van der Waals surface area contributed by atoms with Crippen LogP contribution < -0.4 is 0 Å². The van der Waals surface area contributed by atoms with E-state index in [1.807, 2.05) is 37.3 Å². The van der Waals surface area contributed by atoms with Crippen molar-refractivity contribution in [3.63, 3.8) is 0 Å². The molecule has 2 saturated heterocycles. The van der Waals surface area contributed by atoms with Crippen LogP contribution in [-0.4, -0.2) is 73.6 Å². The van der Waals surface area contributed by atoms with Crippen LogP contribution in [0.4, 0.5) is 0 Å². The van der Waals surface area contributed by atoms with Gasteiger partial charge in [0.15, 0.2) is 0 Å². The molecule has 29 heavy (non-hydrogen) atoms. The highest BCUT2D eigenvalue weighted by Crippen LogP contribution is 2.39. The second-order valence-corrected chi connectivity index (χ2v) is 8.11. The van der Waals surface area contributed by atoms with Gasteiger partial charge in [-0.05, 0) is 18.1 Å². The summed E-state index contributed by atoms with van der Waals surface area (Å²) in [6.45, 7) is 8.20. The van der Waals surface area contributed by atoms with E-state index in [4.69, 9.17) is 9.47 Å². The van der Waals surface area contributed by atoms with E-state index < -0.39 is 5.60 Å². The van der Waals surface area contributed by atoms with E-state index >= 15 is 0 Å². The highest BCUT2D eigenvalue weighted by Gasteiger charge is 2.46. The van der Waals surface area contributed by atoms with Crippen molar-refractivity contribution < 1.29 is 14.6 Å². The zero-order valence-corrected chi connectivity index (χ0v) is 17.2. The molecule has 5 heteroatoms. The van der Waals surface area contributed by atoms with Crippen LogP contribution in [0.1, 0.15) is 24.1 Å². The number of hydrogen-bond donors (Lipinski definition) is 1. The summed E-state index contributed by atoms with van der Waals surface area (Å²) < 4.78 is 11.3. The Morgan fingerprint density at radius 1 is 0.759 bits per heavy atom. The molecule has 5 nitrogen and oxygen atoms in total. The Labute approximate surface area is 173 Å². The van der Waals surface area contributed by atoms with Crippen molar-refractivity contribution in [2.45, 2.75) is 24.6 Å². The fourth-order valence-corrected chi connectivity index (χ4v) is 4.76. The molecule has 0 spiro atoms. The van der Waals surface area contributed by atoms with E-state index in [-0.39, 0.29) is 12.1 Å². The first-order chi connectivity index (χ1) is 14.2. The van der Waals surface area contributed by atoms with Crippen molar-refractivity contribution in [2.24, 2.45) is 0 Å². The summed E-state index contributed by atoms with van der Waals surface area (Å²) >= 11 is 0. The van der Waals surface area contributed by atoms with Gasteiger partial charge in [-0.2, -0.15) is 0 Å². The molecule has 0 aromatic heterocycles. The van der Waals surface area contributed by atoms with Gasteiger partial charge in [-0.3, -0.25) is 9.80 Å². The van der Waals surface area contributed by atoms with Gasteiger partial charge in [-0.15, -0.1) is 0 Å². The van der Waals surface area contributed by atoms with Crippen molar-refractivity contribution in [1.82, 2.24) is 9.80 Å². The number of ether oxygens (including phenoxy) is 2. The third-order valence-corrected chi connectivity index (χ3v) is 6.25. The third-order valence-electron chi connectivity index (χ3n) is 6.25. The molecule has 4 rings (SSSR count). The van der Waals surface area contributed by atoms with Gasteiger partial charge in [0.25, 0.3) is 0 Å². The molecule has 0 unspecified atom stereocenters. The SMILES string of the molecule is C[C@@](O)(c1ccccc1)[C@@H]([C@@H](c1ccccc1)N1CCOCC1)N1CCOCC1. The van der Waals surface area contributed by atoms with Crippen molar-refractivity contribution >= 4 is 0 Å². The zero-order valence-electron chi connectivity index (χ0n) is 17.2. The Morgan fingerprint density at radius 3 is 1.79 bits per heavy atom. The first-order valence-corrected chi connectivity index (χ1v) is 10.6. The van der Waals surface area contributed by atoms with Crippen LogP contribution in [-0.2, 0) is 15.1 Å². The summed E-state index contributed by atoms with van der Waals surface area (Å²) in [5.41, 5.74) is 1.17. The van der Waals surface area contributed by atoms with Crippen molar-refractivity contribution in [3.05, 3.63) is 71.8 Å². The van der Waals surface area contributed by atoms with Crippen molar-refractivity contribution in [2.75, 3.05) is 52.6 Å². The van der Waals surface area contributed by atoms with Crippen LogP contribution in [0.15, 0.2) is 60.7 Å². The summed E-state index contributed by atoms with van der Waals surface area (Å²) in [4.78, 5) is 4.90. The average Bonchev–Trinajstić information content (AvgIpc) is 2.79. The van der Waals surface area contributed by atoms with Gasteiger partial charge < -0.3 is 14.6 Å². The molecular formula is C24H32N2O3. The quantitative estimate of drug-likeness (QED) is 0.813. The Morgan fingerprint density at radius 2 is 1.24 bits per heavy atom. The molecule has 0 saturated carbocycles. The zero-order chi connectivity index (χ0) is 20.1. The summed E-state index contributed by atoms with van der Waals surface area (Å²) in [7, 11) is 0. The van der Waals surface area contributed by atoms with Gasteiger partial charge in [0.05, 0.1) is 38.5 Å². The van der Waals surface area contributed by atoms with E-state index in [1.165, 1.54) is 5.56 Å². The van der Waals surface area contributed by atoms with Gasteiger partial charge in [0.1, 0.15) is 5.60 Å². The van der Waals surface area contributed by atoms with Crippen molar-refractivity contribution in [1.29, 1.82) is 0 Å². The third kappa shape index (κ3) is 4.55. The lowest BCUT2D eigenvalue weighted by Gasteiger charge is -2.50. The molecule has 2 aromatic rings. The molecule has 0 amide bonds. The molecular weight excluding hydrogens is 364 g/mol. The smallest absolute Gasteiger partial charge is 0.104 e. The molecule has 2 heterocycles. The lowest BCUT2D eigenvalue weighted by atomic mass is 9.79. The molecule has 1 N–H and O–H groups in total. The van der Waals surface area contributed by atoms with Gasteiger partial charge in [0.2, 0.25) is 0 Å². The van der Waals surface area contributed by atoms with Gasteiger partial charge >= 0.3 is 0 Å². The first kappa shape index (κ1) is 20.5. The maximum Gasteiger partial charge on any atom is 0.104 e. The van der Waals surface area contributed by atoms with Crippen LogP contribution in [0, 0.1) is 0 Å². The number of benzene rings is 2. The Bertz CT molecular complexity index is 741.